The summed E-state index contributed by atoms with van der Waals surface area (Å²) in [5, 5.41) is 4.83. The van der Waals surface area contributed by atoms with Gasteiger partial charge in [0.15, 0.2) is 9.84 Å². The van der Waals surface area contributed by atoms with Crippen molar-refractivity contribution in [1.82, 2.24) is 9.78 Å². The minimum atomic E-state index is -2.95. The number of rotatable bonds is 4. The molecule has 1 aliphatic heterocycles. The smallest absolute Gasteiger partial charge is 0.152 e. The first-order valence-electron chi connectivity index (χ1n) is 9.38. The molecule has 5 nitrogen and oxygen atoms in total. The first kappa shape index (κ1) is 18.6. The number of sulfone groups is 1. The Kier molecular flexibility index (Phi) is 4.89. The van der Waals surface area contributed by atoms with E-state index in [0.29, 0.717) is 6.42 Å². The molecule has 28 heavy (non-hydrogen) atoms. The van der Waals surface area contributed by atoms with Gasteiger partial charge in [-0.3, -0.25) is 4.99 Å². The molecule has 1 saturated heterocycles. The lowest BCUT2D eigenvalue weighted by atomic mass is 10.0. The highest BCUT2D eigenvalue weighted by Gasteiger charge is 2.27. The van der Waals surface area contributed by atoms with Gasteiger partial charge in [0, 0.05) is 23.5 Å². The van der Waals surface area contributed by atoms with E-state index >= 15 is 0 Å². The second-order valence-electron chi connectivity index (χ2n) is 7.37. The average Bonchev–Trinajstić information content (AvgIpc) is 3.25. The van der Waals surface area contributed by atoms with Crippen LogP contribution in [0.15, 0.2) is 59.7 Å². The van der Waals surface area contributed by atoms with E-state index in [1.165, 1.54) is 5.56 Å². The Labute approximate surface area is 165 Å². The molecule has 1 fully saturated rings. The number of para-hydroxylation sites is 1. The maximum atomic E-state index is 11.7. The number of aliphatic imine (C=N–C) groups is 1. The lowest BCUT2D eigenvalue weighted by molar-refractivity contribution is 0.601. The van der Waals surface area contributed by atoms with Gasteiger partial charge in [0.1, 0.15) is 5.69 Å². The normalized spacial score (nSPS) is 18.7. The molecular weight excluding hydrogens is 370 g/mol. The average molecular weight is 394 g/mol. The van der Waals surface area contributed by atoms with Gasteiger partial charge in [0.05, 0.1) is 23.2 Å². The molecule has 0 radical (unpaired) electrons. The van der Waals surface area contributed by atoms with Crippen LogP contribution in [0.1, 0.15) is 23.1 Å². The number of nitrogens with zero attached hydrogens (tertiary/aromatic N) is 3. The molecule has 3 aromatic rings. The number of aromatic nitrogens is 2. The van der Waals surface area contributed by atoms with Crippen molar-refractivity contribution in [3.05, 3.63) is 71.4 Å². The SMILES string of the molecule is Cc1ccc(C)c(-c2nn(-c3ccccc3)cc2C=NC2CCS(=O)(=O)C2)c1. The third kappa shape index (κ3) is 3.92. The second-order valence-corrected chi connectivity index (χ2v) is 9.60. The Morgan fingerprint density at radius 3 is 2.64 bits per heavy atom. The van der Waals surface area contributed by atoms with Crippen molar-refractivity contribution in [3.63, 3.8) is 0 Å². The molecule has 0 N–H and O–H groups in total. The standard InChI is InChI=1S/C22H23N3O2S/c1-16-8-9-17(2)21(12-16)22-18(13-23-19-10-11-28(26,27)15-19)14-25(24-22)20-6-4-3-5-7-20/h3-9,12-14,19H,10-11,15H2,1-2H3. The van der Waals surface area contributed by atoms with Crippen LogP contribution in [0.4, 0.5) is 0 Å². The van der Waals surface area contributed by atoms with Crippen LogP contribution < -0.4 is 0 Å². The first-order valence-corrected chi connectivity index (χ1v) is 11.2. The fourth-order valence-corrected chi connectivity index (χ4v) is 5.11. The van der Waals surface area contributed by atoms with Gasteiger partial charge in [0.2, 0.25) is 0 Å². The van der Waals surface area contributed by atoms with E-state index in [2.05, 4.69) is 37.0 Å². The van der Waals surface area contributed by atoms with Gasteiger partial charge in [-0.05, 0) is 44.0 Å². The van der Waals surface area contributed by atoms with Gasteiger partial charge in [-0.15, -0.1) is 0 Å². The fourth-order valence-electron chi connectivity index (χ4n) is 3.47. The molecule has 1 aliphatic rings. The molecule has 2 heterocycles. The molecule has 0 saturated carbocycles. The third-order valence-corrected chi connectivity index (χ3v) is 6.79. The number of hydrogen-bond acceptors (Lipinski definition) is 4. The summed E-state index contributed by atoms with van der Waals surface area (Å²) in [6.45, 7) is 4.13. The Balaban J connectivity index is 1.77. The minimum absolute atomic E-state index is 0.134. The van der Waals surface area contributed by atoms with Crippen LogP contribution in [-0.4, -0.2) is 42.0 Å². The summed E-state index contributed by atoms with van der Waals surface area (Å²) in [6.07, 6.45) is 4.33. The van der Waals surface area contributed by atoms with Crippen LogP contribution in [0.5, 0.6) is 0 Å². The van der Waals surface area contributed by atoms with Gasteiger partial charge in [-0.1, -0.05) is 35.9 Å². The summed E-state index contributed by atoms with van der Waals surface area (Å²) < 4.78 is 25.3. The monoisotopic (exact) mass is 393 g/mol. The lowest BCUT2D eigenvalue weighted by Crippen LogP contribution is -2.07. The van der Waals surface area contributed by atoms with Gasteiger partial charge >= 0.3 is 0 Å². The lowest BCUT2D eigenvalue weighted by Gasteiger charge is -2.06. The van der Waals surface area contributed by atoms with Crippen molar-refractivity contribution in [2.45, 2.75) is 26.3 Å². The van der Waals surface area contributed by atoms with Gasteiger partial charge in [0.25, 0.3) is 0 Å². The first-order chi connectivity index (χ1) is 13.4. The summed E-state index contributed by atoms with van der Waals surface area (Å²) in [5.74, 6) is 0.358. The zero-order valence-corrected chi connectivity index (χ0v) is 16.9. The molecule has 0 aliphatic carbocycles. The summed E-state index contributed by atoms with van der Waals surface area (Å²) in [6, 6.07) is 16.1. The summed E-state index contributed by atoms with van der Waals surface area (Å²) in [7, 11) is -2.95. The van der Waals surface area contributed by atoms with Crippen molar-refractivity contribution in [2.75, 3.05) is 11.5 Å². The molecular formula is C22H23N3O2S. The predicted octanol–water partition coefficient (Wildman–Crippen LogP) is 3.76. The number of aryl methyl sites for hydroxylation is 2. The Bertz CT molecular complexity index is 1130. The van der Waals surface area contributed by atoms with Crippen molar-refractivity contribution >= 4 is 16.1 Å². The minimum Gasteiger partial charge on any atom is -0.288 e. The van der Waals surface area contributed by atoms with E-state index in [4.69, 9.17) is 5.10 Å². The summed E-state index contributed by atoms with van der Waals surface area (Å²) in [4.78, 5) is 4.58. The highest BCUT2D eigenvalue weighted by atomic mass is 32.2. The molecule has 4 rings (SSSR count). The molecule has 0 amide bonds. The fraction of sp³-hybridized carbons (Fsp3) is 0.273. The van der Waals surface area contributed by atoms with E-state index in [1.54, 1.807) is 6.21 Å². The Morgan fingerprint density at radius 1 is 1.14 bits per heavy atom. The Hall–Kier alpha value is -2.73. The largest absolute Gasteiger partial charge is 0.288 e. The zero-order valence-electron chi connectivity index (χ0n) is 16.0. The Morgan fingerprint density at radius 2 is 1.93 bits per heavy atom. The number of benzene rings is 2. The van der Waals surface area contributed by atoms with Gasteiger partial charge in [-0.25, -0.2) is 13.1 Å². The molecule has 0 bridgehead atoms. The summed E-state index contributed by atoms with van der Waals surface area (Å²) in [5.41, 5.74) is 6.09. The van der Waals surface area contributed by atoms with Crippen LogP contribution in [0.3, 0.4) is 0 Å². The van der Waals surface area contributed by atoms with Crippen molar-refractivity contribution < 1.29 is 8.42 Å². The summed E-state index contributed by atoms with van der Waals surface area (Å²) >= 11 is 0. The van der Waals surface area contributed by atoms with E-state index in [0.717, 1.165) is 28.1 Å². The van der Waals surface area contributed by atoms with Crippen molar-refractivity contribution in [2.24, 2.45) is 4.99 Å². The second kappa shape index (κ2) is 7.36. The molecule has 6 heteroatoms. The zero-order chi connectivity index (χ0) is 19.7. The van der Waals surface area contributed by atoms with E-state index in [9.17, 15) is 8.42 Å². The van der Waals surface area contributed by atoms with Crippen molar-refractivity contribution in [3.8, 4) is 16.9 Å². The third-order valence-electron chi connectivity index (χ3n) is 5.04. The van der Waals surface area contributed by atoms with E-state index in [-0.39, 0.29) is 17.5 Å². The molecule has 1 atom stereocenters. The van der Waals surface area contributed by atoms with Crippen LogP contribution in [0.2, 0.25) is 0 Å². The molecule has 1 unspecified atom stereocenters. The van der Waals surface area contributed by atoms with Crippen LogP contribution >= 0.6 is 0 Å². The molecule has 2 aromatic carbocycles. The highest BCUT2D eigenvalue weighted by Crippen LogP contribution is 2.27. The molecule has 144 valence electrons. The van der Waals surface area contributed by atoms with Crippen LogP contribution in [-0.2, 0) is 9.84 Å². The molecule has 0 spiro atoms. The predicted molar refractivity (Wildman–Crippen MR) is 113 cm³/mol. The van der Waals surface area contributed by atoms with E-state index in [1.807, 2.05) is 41.2 Å². The van der Waals surface area contributed by atoms with Gasteiger partial charge < -0.3 is 0 Å². The maximum Gasteiger partial charge on any atom is 0.152 e. The highest BCUT2D eigenvalue weighted by molar-refractivity contribution is 7.91. The van der Waals surface area contributed by atoms with Gasteiger partial charge in [-0.2, -0.15) is 5.10 Å². The molecule has 1 aromatic heterocycles. The van der Waals surface area contributed by atoms with Crippen LogP contribution in [0.25, 0.3) is 16.9 Å². The van der Waals surface area contributed by atoms with Crippen molar-refractivity contribution in [1.29, 1.82) is 0 Å². The number of hydrogen-bond donors (Lipinski definition) is 0. The van der Waals surface area contributed by atoms with E-state index < -0.39 is 9.84 Å². The topological polar surface area (TPSA) is 64.3 Å². The van der Waals surface area contributed by atoms with Crippen LogP contribution in [0, 0.1) is 13.8 Å². The maximum absolute atomic E-state index is 11.7. The quantitative estimate of drug-likeness (QED) is 0.634.